The van der Waals surface area contributed by atoms with Gasteiger partial charge >= 0.3 is 39.5 Å². The summed E-state index contributed by atoms with van der Waals surface area (Å²) < 4.78 is 68.6. The van der Waals surface area contributed by atoms with Crippen LogP contribution in [0.4, 0.5) is 0 Å². The first-order chi connectivity index (χ1) is 48.3. The zero-order valence-electron chi connectivity index (χ0n) is 65.7. The summed E-state index contributed by atoms with van der Waals surface area (Å²) in [6.45, 7) is 11.9. The first-order valence-electron chi connectivity index (χ1n) is 41.9. The van der Waals surface area contributed by atoms with E-state index in [1.54, 1.807) is 0 Å². The maximum atomic E-state index is 13.1. The van der Waals surface area contributed by atoms with E-state index < -0.39 is 97.5 Å². The molecule has 594 valence electrons. The van der Waals surface area contributed by atoms with Crippen molar-refractivity contribution in [3.05, 3.63) is 0 Å². The van der Waals surface area contributed by atoms with E-state index in [1.807, 2.05) is 0 Å². The highest BCUT2D eigenvalue weighted by molar-refractivity contribution is 7.47. The van der Waals surface area contributed by atoms with Crippen LogP contribution in [0.3, 0.4) is 0 Å². The fourth-order valence-electron chi connectivity index (χ4n) is 12.5. The highest BCUT2D eigenvalue weighted by Crippen LogP contribution is 2.45. The van der Waals surface area contributed by atoms with Gasteiger partial charge in [0.05, 0.1) is 26.4 Å². The van der Waals surface area contributed by atoms with Crippen LogP contribution in [-0.4, -0.2) is 96.7 Å². The molecule has 0 aromatic carbocycles. The number of ether oxygens (including phenoxy) is 4. The SMILES string of the molecule is CCCCCCCCCCCCCCCCCCCCCC(=O)OC[C@H](COP(=O)(O)OC[C@@H](O)COP(=O)(O)OC[C@@H](COC(=O)CCCCCCCCC(C)CC)OC(=O)CCCCCCCCCC(C)C)OC(=O)CCCCCCCCCCCCCCCCCCCCC(C)C. The van der Waals surface area contributed by atoms with Gasteiger partial charge in [0.2, 0.25) is 0 Å². The zero-order chi connectivity index (χ0) is 73.7. The molecule has 0 saturated heterocycles. The van der Waals surface area contributed by atoms with Gasteiger partial charge in [-0.1, -0.05) is 370 Å². The summed E-state index contributed by atoms with van der Waals surface area (Å²) >= 11 is 0. The lowest BCUT2D eigenvalue weighted by Gasteiger charge is -2.21. The van der Waals surface area contributed by atoms with Gasteiger partial charge < -0.3 is 33.8 Å². The van der Waals surface area contributed by atoms with E-state index >= 15 is 0 Å². The summed E-state index contributed by atoms with van der Waals surface area (Å²) in [4.78, 5) is 72.9. The smallest absolute Gasteiger partial charge is 0.462 e. The number of unbranched alkanes of at least 4 members (excludes halogenated alkanes) is 46. The van der Waals surface area contributed by atoms with Crippen molar-refractivity contribution in [1.29, 1.82) is 0 Å². The summed E-state index contributed by atoms with van der Waals surface area (Å²) in [5, 5.41) is 10.6. The quantitative estimate of drug-likeness (QED) is 0.0222. The van der Waals surface area contributed by atoms with E-state index in [2.05, 4.69) is 48.5 Å². The minimum absolute atomic E-state index is 0.103. The Kier molecular flexibility index (Phi) is 69.9. The molecule has 3 unspecified atom stereocenters. The van der Waals surface area contributed by atoms with Crippen molar-refractivity contribution in [3.63, 3.8) is 0 Å². The molecule has 0 radical (unpaired) electrons. The second kappa shape index (κ2) is 71.3. The molecule has 0 saturated carbocycles. The van der Waals surface area contributed by atoms with Crippen LogP contribution in [0.2, 0.25) is 0 Å². The molecule has 19 heteroatoms. The Hall–Kier alpha value is -1.94. The minimum Gasteiger partial charge on any atom is -0.462 e. The van der Waals surface area contributed by atoms with Crippen LogP contribution in [0.15, 0.2) is 0 Å². The number of rotatable bonds is 79. The lowest BCUT2D eigenvalue weighted by molar-refractivity contribution is -0.161. The summed E-state index contributed by atoms with van der Waals surface area (Å²) in [6, 6.07) is 0. The molecule has 0 spiro atoms. The third-order valence-electron chi connectivity index (χ3n) is 19.2. The topological polar surface area (TPSA) is 237 Å². The predicted octanol–water partition coefficient (Wildman–Crippen LogP) is 24.1. The van der Waals surface area contributed by atoms with Crippen molar-refractivity contribution in [1.82, 2.24) is 0 Å². The summed E-state index contributed by atoms with van der Waals surface area (Å²) in [6.07, 6.45) is 60.0. The molecular formula is C81H158O17P2. The molecule has 0 heterocycles. The van der Waals surface area contributed by atoms with Gasteiger partial charge in [-0.15, -0.1) is 0 Å². The highest BCUT2D eigenvalue weighted by atomic mass is 31.2. The normalized spacial score (nSPS) is 14.2. The van der Waals surface area contributed by atoms with Gasteiger partial charge in [-0.05, 0) is 43.4 Å². The fraction of sp³-hybridized carbons (Fsp3) is 0.951. The zero-order valence-corrected chi connectivity index (χ0v) is 67.5. The number of carbonyl (C=O) groups is 4. The summed E-state index contributed by atoms with van der Waals surface area (Å²) in [7, 11) is -9.92. The Morgan fingerprint density at radius 2 is 0.510 bits per heavy atom. The lowest BCUT2D eigenvalue weighted by Crippen LogP contribution is -2.30. The maximum Gasteiger partial charge on any atom is 0.472 e. The molecule has 0 amide bonds. The molecule has 0 bridgehead atoms. The van der Waals surface area contributed by atoms with Crippen LogP contribution in [-0.2, 0) is 65.4 Å². The monoisotopic (exact) mass is 1470 g/mol. The third-order valence-corrected chi connectivity index (χ3v) is 21.1. The van der Waals surface area contributed by atoms with Crippen LogP contribution in [0.5, 0.6) is 0 Å². The van der Waals surface area contributed by atoms with Crippen molar-refractivity contribution in [2.75, 3.05) is 39.6 Å². The Labute approximate surface area is 613 Å². The highest BCUT2D eigenvalue weighted by Gasteiger charge is 2.30. The number of aliphatic hydroxyl groups excluding tert-OH is 1. The Bertz CT molecular complexity index is 1940. The number of phosphoric ester groups is 2. The van der Waals surface area contributed by atoms with Gasteiger partial charge in [0.25, 0.3) is 0 Å². The maximum absolute atomic E-state index is 13.1. The van der Waals surface area contributed by atoms with Crippen LogP contribution in [0.1, 0.15) is 421 Å². The van der Waals surface area contributed by atoms with Crippen molar-refractivity contribution in [2.24, 2.45) is 17.8 Å². The molecule has 6 atom stereocenters. The van der Waals surface area contributed by atoms with E-state index in [0.29, 0.717) is 31.6 Å². The summed E-state index contributed by atoms with van der Waals surface area (Å²) in [5.74, 6) is 0.130. The van der Waals surface area contributed by atoms with Gasteiger partial charge in [0.15, 0.2) is 12.2 Å². The second-order valence-electron chi connectivity index (χ2n) is 30.4. The lowest BCUT2D eigenvalue weighted by atomic mass is 10.00. The molecule has 0 aliphatic heterocycles. The van der Waals surface area contributed by atoms with Crippen molar-refractivity contribution in [2.45, 2.75) is 439 Å². The first kappa shape index (κ1) is 98.1. The molecule has 3 N–H and O–H groups in total. The van der Waals surface area contributed by atoms with Gasteiger partial charge in [-0.3, -0.25) is 37.3 Å². The van der Waals surface area contributed by atoms with E-state index in [0.717, 1.165) is 108 Å². The molecule has 0 aliphatic rings. The number of hydrogen-bond donors (Lipinski definition) is 3. The van der Waals surface area contributed by atoms with Crippen molar-refractivity contribution < 1.29 is 80.2 Å². The predicted molar refractivity (Wildman–Crippen MR) is 409 cm³/mol. The number of phosphoric acid groups is 2. The Balaban J connectivity index is 5.19. The van der Waals surface area contributed by atoms with E-state index in [9.17, 15) is 43.2 Å². The number of carbonyl (C=O) groups excluding carboxylic acids is 4. The average Bonchev–Trinajstić information content (AvgIpc) is 0.918. The van der Waals surface area contributed by atoms with Crippen LogP contribution in [0, 0.1) is 17.8 Å². The largest absolute Gasteiger partial charge is 0.472 e. The van der Waals surface area contributed by atoms with Crippen LogP contribution in [0.25, 0.3) is 0 Å². The number of esters is 4. The van der Waals surface area contributed by atoms with Gasteiger partial charge in [-0.25, -0.2) is 9.13 Å². The fourth-order valence-corrected chi connectivity index (χ4v) is 14.0. The third kappa shape index (κ3) is 73.0. The second-order valence-corrected chi connectivity index (χ2v) is 33.3. The molecular weight excluding hydrogens is 1310 g/mol. The molecule has 0 rings (SSSR count). The van der Waals surface area contributed by atoms with E-state index in [-0.39, 0.29) is 25.7 Å². The number of hydrogen-bond acceptors (Lipinski definition) is 15. The van der Waals surface area contributed by atoms with Crippen LogP contribution >= 0.6 is 15.6 Å². The van der Waals surface area contributed by atoms with Gasteiger partial charge in [-0.2, -0.15) is 0 Å². The standard InChI is InChI=1S/C81H158O17P2/c1-8-10-11-12-13-14-15-16-17-18-19-23-26-29-32-35-40-48-55-62-78(83)91-68-76(97-80(85)64-57-50-41-36-33-30-27-24-21-20-22-25-28-31-34-38-45-52-59-72(3)4)70-95-99(87,88)93-66-75(82)67-94-100(89,90)96-71-77(98-81(86)65-58-51-42-37-39-46-53-60-73(5)6)69-92-79(84)63-56-49-44-43-47-54-61-74(7)9-2/h72-77,82H,8-71H2,1-7H3,(H,87,88)(H,89,90)/t74?,75-,76-,77-/m1/s1. The minimum atomic E-state index is -4.96. The molecule has 17 nitrogen and oxygen atoms in total. The molecule has 0 fully saturated rings. The first-order valence-corrected chi connectivity index (χ1v) is 44.9. The van der Waals surface area contributed by atoms with Crippen molar-refractivity contribution >= 4 is 39.5 Å². The molecule has 0 aliphatic carbocycles. The van der Waals surface area contributed by atoms with Gasteiger partial charge in [0, 0.05) is 25.7 Å². The molecule has 100 heavy (non-hydrogen) atoms. The Morgan fingerprint density at radius 1 is 0.290 bits per heavy atom. The van der Waals surface area contributed by atoms with E-state index in [4.69, 9.17) is 37.0 Å². The summed E-state index contributed by atoms with van der Waals surface area (Å²) in [5.41, 5.74) is 0. The van der Waals surface area contributed by atoms with E-state index in [1.165, 1.54) is 225 Å². The average molecular weight is 1470 g/mol. The Morgan fingerprint density at radius 3 is 0.760 bits per heavy atom. The molecule has 0 aromatic rings. The van der Waals surface area contributed by atoms with Crippen molar-refractivity contribution in [3.8, 4) is 0 Å². The van der Waals surface area contributed by atoms with Gasteiger partial charge in [0.1, 0.15) is 19.3 Å². The number of aliphatic hydroxyl groups is 1. The van der Waals surface area contributed by atoms with Crippen LogP contribution < -0.4 is 0 Å². The molecule has 0 aromatic heterocycles.